The molecule has 2 rings (SSSR count). The summed E-state index contributed by atoms with van der Waals surface area (Å²) in [6, 6.07) is 7.82. The van der Waals surface area contributed by atoms with Gasteiger partial charge in [0.2, 0.25) is 0 Å². The third-order valence-corrected chi connectivity index (χ3v) is 3.58. The molecule has 0 fully saturated rings. The largest absolute Gasteiger partial charge is 0.394 e. The molecular formula is C13H15ClN4S. The van der Waals surface area contributed by atoms with Crippen LogP contribution in [0.4, 0.5) is 11.5 Å². The molecule has 0 spiro atoms. The lowest BCUT2D eigenvalue weighted by atomic mass is 10.4. The average molecular weight is 295 g/mol. The van der Waals surface area contributed by atoms with Crippen LogP contribution in [0.1, 0.15) is 13.8 Å². The van der Waals surface area contributed by atoms with Gasteiger partial charge >= 0.3 is 0 Å². The van der Waals surface area contributed by atoms with E-state index < -0.39 is 0 Å². The second-order valence-electron chi connectivity index (χ2n) is 4.30. The predicted octanol–water partition coefficient (Wildman–Crippen LogP) is 3.68. The minimum Gasteiger partial charge on any atom is -0.394 e. The van der Waals surface area contributed by atoms with Crippen molar-refractivity contribution in [1.29, 1.82) is 0 Å². The van der Waals surface area contributed by atoms with Crippen molar-refractivity contribution in [2.45, 2.75) is 29.8 Å². The van der Waals surface area contributed by atoms with E-state index >= 15 is 0 Å². The van der Waals surface area contributed by atoms with E-state index in [2.05, 4.69) is 15.3 Å². The van der Waals surface area contributed by atoms with Crippen molar-refractivity contribution in [2.75, 3.05) is 11.1 Å². The molecule has 6 heteroatoms. The average Bonchev–Trinajstić information content (AvgIpc) is 2.36. The Balaban J connectivity index is 2.23. The molecule has 2 aromatic rings. The Morgan fingerprint density at radius 1 is 1.21 bits per heavy atom. The number of hydrogen-bond acceptors (Lipinski definition) is 5. The number of halogens is 1. The van der Waals surface area contributed by atoms with Gasteiger partial charge in [0.05, 0.1) is 0 Å². The molecule has 1 aromatic heterocycles. The zero-order valence-corrected chi connectivity index (χ0v) is 12.3. The molecule has 0 aliphatic rings. The molecule has 19 heavy (non-hydrogen) atoms. The van der Waals surface area contributed by atoms with Crippen molar-refractivity contribution in [3.63, 3.8) is 0 Å². The third kappa shape index (κ3) is 3.75. The summed E-state index contributed by atoms with van der Waals surface area (Å²) < 4.78 is 0. The number of rotatable bonds is 4. The van der Waals surface area contributed by atoms with Gasteiger partial charge in [-0.25, -0.2) is 9.97 Å². The van der Waals surface area contributed by atoms with Crippen molar-refractivity contribution in [2.24, 2.45) is 0 Å². The van der Waals surface area contributed by atoms with E-state index in [9.17, 15) is 0 Å². The topological polar surface area (TPSA) is 63.8 Å². The zero-order valence-electron chi connectivity index (χ0n) is 10.7. The standard InChI is InChI=1S/C13H15ClN4S/c1-8(2)18-12-11(15)13(17-7-16-12)19-10-5-3-9(14)4-6-10/h3-8H,15H2,1-2H3,(H,16,17,18). The molecule has 0 saturated carbocycles. The predicted molar refractivity (Wildman–Crippen MR) is 80.8 cm³/mol. The quantitative estimate of drug-likeness (QED) is 0.842. The molecule has 0 atom stereocenters. The highest BCUT2D eigenvalue weighted by Gasteiger charge is 2.10. The van der Waals surface area contributed by atoms with E-state index in [1.54, 1.807) is 0 Å². The van der Waals surface area contributed by atoms with Crippen LogP contribution in [0, 0.1) is 0 Å². The molecule has 4 nitrogen and oxygen atoms in total. The number of aromatic nitrogens is 2. The molecule has 100 valence electrons. The highest BCUT2D eigenvalue weighted by molar-refractivity contribution is 7.99. The Morgan fingerprint density at radius 2 is 1.89 bits per heavy atom. The van der Waals surface area contributed by atoms with Gasteiger partial charge in [0.15, 0.2) is 5.82 Å². The van der Waals surface area contributed by atoms with Gasteiger partial charge in [-0.15, -0.1) is 0 Å². The van der Waals surface area contributed by atoms with Gasteiger partial charge in [0, 0.05) is 16.0 Å². The zero-order chi connectivity index (χ0) is 13.8. The molecule has 0 saturated heterocycles. The summed E-state index contributed by atoms with van der Waals surface area (Å²) in [7, 11) is 0. The molecule has 0 unspecified atom stereocenters. The SMILES string of the molecule is CC(C)Nc1ncnc(Sc2ccc(Cl)cc2)c1N. The van der Waals surface area contributed by atoms with Crippen LogP contribution in [0.15, 0.2) is 40.5 Å². The Morgan fingerprint density at radius 3 is 2.53 bits per heavy atom. The fourth-order valence-corrected chi connectivity index (χ4v) is 2.39. The minimum atomic E-state index is 0.269. The van der Waals surface area contributed by atoms with Crippen molar-refractivity contribution in [3.05, 3.63) is 35.6 Å². The van der Waals surface area contributed by atoms with Crippen molar-refractivity contribution < 1.29 is 0 Å². The lowest BCUT2D eigenvalue weighted by Crippen LogP contribution is -2.13. The van der Waals surface area contributed by atoms with Crippen LogP contribution < -0.4 is 11.1 Å². The van der Waals surface area contributed by atoms with E-state index in [4.69, 9.17) is 17.3 Å². The summed E-state index contributed by atoms with van der Waals surface area (Å²) in [5, 5.41) is 4.64. The fraction of sp³-hybridized carbons (Fsp3) is 0.231. The number of nitrogen functional groups attached to an aromatic ring is 1. The Bertz CT molecular complexity index is 557. The molecule has 0 amide bonds. The first-order chi connectivity index (χ1) is 9.06. The van der Waals surface area contributed by atoms with Gasteiger partial charge in [0.1, 0.15) is 17.0 Å². The fourth-order valence-electron chi connectivity index (χ4n) is 1.46. The van der Waals surface area contributed by atoms with Crippen LogP contribution in [0.5, 0.6) is 0 Å². The highest BCUT2D eigenvalue weighted by Crippen LogP contribution is 2.33. The maximum absolute atomic E-state index is 6.07. The Kier molecular flexibility index (Phi) is 4.50. The summed E-state index contributed by atoms with van der Waals surface area (Å²) >= 11 is 7.35. The van der Waals surface area contributed by atoms with Gasteiger partial charge in [-0.1, -0.05) is 23.4 Å². The van der Waals surface area contributed by atoms with Gasteiger partial charge in [0.25, 0.3) is 0 Å². The molecule has 3 N–H and O–H groups in total. The number of anilines is 2. The van der Waals surface area contributed by atoms with E-state index in [0.717, 1.165) is 9.92 Å². The van der Waals surface area contributed by atoms with Gasteiger partial charge in [-0.2, -0.15) is 0 Å². The van der Waals surface area contributed by atoms with E-state index in [1.807, 2.05) is 38.1 Å². The summed E-state index contributed by atoms with van der Waals surface area (Å²) in [5.41, 5.74) is 6.64. The summed E-state index contributed by atoms with van der Waals surface area (Å²) in [6.07, 6.45) is 1.51. The third-order valence-electron chi connectivity index (χ3n) is 2.30. The van der Waals surface area contributed by atoms with Crippen molar-refractivity contribution in [1.82, 2.24) is 9.97 Å². The second kappa shape index (κ2) is 6.12. The lowest BCUT2D eigenvalue weighted by molar-refractivity contribution is 0.882. The number of nitrogens with zero attached hydrogens (tertiary/aromatic N) is 2. The molecule has 0 radical (unpaired) electrons. The number of hydrogen-bond donors (Lipinski definition) is 2. The smallest absolute Gasteiger partial charge is 0.154 e. The second-order valence-corrected chi connectivity index (χ2v) is 5.79. The van der Waals surface area contributed by atoms with Crippen LogP contribution in [0.3, 0.4) is 0 Å². The van der Waals surface area contributed by atoms with Gasteiger partial charge in [-0.05, 0) is 38.1 Å². The molecule has 0 aliphatic heterocycles. The Labute approximate surface area is 121 Å². The monoisotopic (exact) mass is 294 g/mol. The van der Waals surface area contributed by atoms with Crippen LogP contribution in [-0.4, -0.2) is 16.0 Å². The molecule has 1 aromatic carbocycles. The number of benzene rings is 1. The van der Waals surface area contributed by atoms with Crippen LogP contribution in [-0.2, 0) is 0 Å². The maximum Gasteiger partial charge on any atom is 0.154 e. The van der Waals surface area contributed by atoms with Crippen LogP contribution in [0.2, 0.25) is 5.02 Å². The maximum atomic E-state index is 6.07. The number of nitrogens with two attached hydrogens (primary N) is 1. The van der Waals surface area contributed by atoms with Gasteiger partial charge in [-0.3, -0.25) is 0 Å². The first kappa shape index (κ1) is 14.0. The summed E-state index contributed by atoms with van der Waals surface area (Å²) in [4.78, 5) is 9.40. The normalized spacial score (nSPS) is 10.7. The van der Waals surface area contributed by atoms with E-state index in [0.29, 0.717) is 16.5 Å². The molecular weight excluding hydrogens is 280 g/mol. The van der Waals surface area contributed by atoms with Crippen LogP contribution in [0.25, 0.3) is 0 Å². The van der Waals surface area contributed by atoms with E-state index in [-0.39, 0.29) is 6.04 Å². The molecule has 0 bridgehead atoms. The van der Waals surface area contributed by atoms with Crippen LogP contribution >= 0.6 is 23.4 Å². The highest BCUT2D eigenvalue weighted by atomic mass is 35.5. The summed E-state index contributed by atoms with van der Waals surface area (Å²) in [6.45, 7) is 4.07. The lowest BCUT2D eigenvalue weighted by Gasteiger charge is -2.13. The Hall–Kier alpha value is -1.46. The van der Waals surface area contributed by atoms with Crippen molar-refractivity contribution >= 4 is 34.9 Å². The first-order valence-electron chi connectivity index (χ1n) is 5.86. The number of nitrogens with one attached hydrogen (secondary N) is 1. The summed E-state index contributed by atoms with van der Waals surface area (Å²) in [5.74, 6) is 0.668. The van der Waals surface area contributed by atoms with Crippen molar-refractivity contribution in [3.8, 4) is 0 Å². The minimum absolute atomic E-state index is 0.269. The molecule has 1 heterocycles. The first-order valence-corrected chi connectivity index (χ1v) is 7.06. The van der Waals surface area contributed by atoms with E-state index in [1.165, 1.54) is 18.1 Å². The molecule has 0 aliphatic carbocycles. The van der Waals surface area contributed by atoms with Gasteiger partial charge < -0.3 is 11.1 Å².